The molecule has 2 aromatic carbocycles. The second-order valence-electron chi connectivity index (χ2n) is 6.30. The monoisotopic (exact) mass is 341 g/mol. The Morgan fingerprint density at radius 1 is 1.04 bits per heavy atom. The number of fused-ring (bicyclic) bond motifs is 1. The summed E-state index contributed by atoms with van der Waals surface area (Å²) in [6, 6.07) is 16.1. The lowest BCUT2D eigenvalue weighted by Gasteiger charge is -2.26. The predicted octanol–water partition coefficient (Wildman–Crippen LogP) is 4.68. The SMILES string of the molecule is COc1cccc2nc(Cl)nc(NCC(C)(C)c3ccccc3)c12. The quantitative estimate of drug-likeness (QED) is 0.684. The molecule has 3 rings (SSSR count). The van der Waals surface area contributed by atoms with Gasteiger partial charge in [0.1, 0.15) is 11.6 Å². The summed E-state index contributed by atoms with van der Waals surface area (Å²) in [7, 11) is 1.64. The Morgan fingerprint density at radius 2 is 1.79 bits per heavy atom. The molecule has 0 radical (unpaired) electrons. The van der Waals surface area contributed by atoms with E-state index >= 15 is 0 Å². The fourth-order valence-corrected chi connectivity index (χ4v) is 2.89. The van der Waals surface area contributed by atoms with Crippen molar-refractivity contribution in [1.29, 1.82) is 0 Å². The molecule has 0 amide bonds. The fraction of sp³-hybridized carbons (Fsp3) is 0.263. The number of rotatable bonds is 5. The van der Waals surface area contributed by atoms with Gasteiger partial charge in [-0.3, -0.25) is 0 Å². The van der Waals surface area contributed by atoms with Gasteiger partial charge >= 0.3 is 0 Å². The highest BCUT2D eigenvalue weighted by Crippen LogP contribution is 2.32. The Balaban J connectivity index is 1.95. The number of aromatic nitrogens is 2. The Kier molecular flexibility index (Phi) is 4.58. The van der Waals surface area contributed by atoms with Crippen molar-refractivity contribution in [2.75, 3.05) is 19.0 Å². The summed E-state index contributed by atoms with van der Waals surface area (Å²) in [5, 5.41) is 4.49. The van der Waals surface area contributed by atoms with E-state index in [9.17, 15) is 0 Å². The van der Waals surface area contributed by atoms with Crippen molar-refractivity contribution in [2.24, 2.45) is 0 Å². The number of nitrogens with one attached hydrogen (secondary N) is 1. The highest BCUT2D eigenvalue weighted by Gasteiger charge is 2.21. The van der Waals surface area contributed by atoms with Gasteiger partial charge < -0.3 is 10.1 Å². The van der Waals surface area contributed by atoms with Crippen molar-refractivity contribution >= 4 is 28.3 Å². The minimum absolute atomic E-state index is 0.0625. The minimum Gasteiger partial charge on any atom is -0.496 e. The molecular formula is C19H20ClN3O. The smallest absolute Gasteiger partial charge is 0.224 e. The van der Waals surface area contributed by atoms with Crippen LogP contribution < -0.4 is 10.1 Å². The topological polar surface area (TPSA) is 47.0 Å². The standard InChI is InChI=1S/C19H20ClN3O/c1-19(2,13-8-5-4-6-9-13)12-21-17-16-14(22-18(20)23-17)10-7-11-15(16)24-3/h4-11H,12H2,1-3H3,(H,21,22,23). The molecule has 0 saturated heterocycles. The van der Waals surface area contributed by atoms with Crippen LogP contribution in [0.4, 0.5) is 5.82 Å². The lowest BCUT2D eigenvalue weighted by Crippen LogP contribution is -2.28. The first kappa shape index (κ1) is 16.5. The second-order valence-corrected chi connectivity index (χ2v) is 6.64. The fourth-order valence-electron chi connectivity index (χ4n) is 2.72. The zero-order valence-electron chi connectivity index (χ0n) is 14.0. The number of ether oxygens (including phenoxy) is 1. The maximum atomic E-state index is 6.08. The van der Waals surface area contributed by atoms with Crippen molar-refractivity contribution in [2.45, 2.75) is 19.3 Å². The Bertz CT molecular complexity index is 850. The molecule has 0 aliphatic carbocycles. The summed E-state index contributed by atoms with van der Waals surface area (Å²) in [6.45, 7) is 5.09. The highest BCUT2D eigenvalue weighted by molar-refractivity contribution is 6.28. The van der Waals surface area contributed by atoms with Gasteiger partial charge in [0, 0.05) is 12.0 Å². The summed E-state index contributed by atoms with van der Waals surface area (Å²) in [5.41, 5.74) is 1.95. The first-order chi connectivity index (χ1) is 11.5. The summed E-state index contributed by atoms with van der Waals surface area (Å²) in [6.07, 6.45) is 0. The molecule has 4 nitrogen and oxygen atoms in total. The van der Waals surface area contributed by atoms with Gasteiger partial charge in [0.25, 0.3) is 0 Å². The third-order valence-corrected chi connectivity index (χ3v) is 4.30. The zero-order chi connectivity index (χ0) is 17.2. The average Bonchev–Trinajstić information content (AvgIpc) is 2.59. The van der Waals surface area contributed by atoms with Crippen LogP contribution in [-0.4, -0.2) is 23.6 Å². The molecule has 0 fully saturated rings. The van der Waals surface area contributed by atoms with Gasteiger partial charge in [-0.2, -0.15) is 0 Å². The summed E-state index contributed by atoms with van der Waals surface area (Å²) in [5.74, 6) is 1.41. The molecule has 1 heterocycles. The zero-order valence-corrected chi connectivity index (χ0v) is 14.8. The van der Waals surface area contributed by atoms with Gasteiger partial charge in [0.15, 0.2) is 0 Å². The Hall–Kier alpha value is -2.33. The maximum absolute atomic E-state index is 6.08. The lowest BCUT2D eigenvalue weighted by atomic mass is 9.84. The molecule has 0 aliphatic heterocycles. The number of methoxy groups -OCH3 is 1. The molecule has 0 spiro atoms. The molecule has 0 bridgehead atoms. The molecule has 1 N–H and O–H groups in total. The van der Waals surface area contributed by atoms with Gasteiger partial charge in [-0.1, -0.05) is 50.2 Å². The van der Waals surface area contributed by atoms with Crippen LogP contribution in [0.15, 0.2) is 48.5 Å². The van der Waals surface area contributed by atoms with Crippen LogP contribution in [0.2, 0.25) is 5.28 Å². The van der Waals surface area contributed by atoms with Crippen LogP contribution in [0.25, 0.3) is 10.9 Å². The van der Waals surface area contributed by atoms with Crippen molar-refractivity contribution in [3.8, 4) is 5.75 Å². The van der Waals surface area contributed by atoms with E-state index in [0.29, 0.717) is 12.4 Å². The van der Waals surface area contributed by atoms with Crippen LogP contribution >= 0.6 is 11.6 Å². The first-order valence-corrected chi connectivity index (χ1v) is 8.19. The maximum Gasteiger partial charge on any atom is 0.224 e. The molecule has 3 aromatic rings. The van der Waals surface area contributed by atoms with Gasteiger partial charge in [-0.15, -0.1) is 0 Å². The lowest BCUT2D eigenvalue weighted by molar-refractivity contribution is 0.419. The van der Waals surface area contributed by atoms with Crippen LogP contribution in [0, 0.1) is 0 Å². The Labute approximate surface area is 146 Å². The van der Waals surface area contributed by atoms with E-state index in [0.717, 1.165) is 16.7 Å². The van der Waals surface area contributed by atoms with E-state index in [1.54, 1.807) is 7.11 Å². The number of benzene rings is 2. The summed E-state index contributed by atoms with van der Waals surface area (Å²) >= 11 is 6.08. The van der Waals surface area contributed by atoms with Crippen LogP contribution in [0.5, 0.6) is 5.75 Å². The van der Waals surface area contributed by atoms with Crippen LogP contribution in [0.1, 0.15) is 19.4 Å². The number of hydrogen-bond acceptors (Lipinski definition) is 4. The summed E-state index contributed by atoms with van der Waals surface area (Å²) in [4.78, 5) is 8.65. The van der Waals surface area contributed by atoms with E-state index in [4.69, 9.17) is 16.3 Å². The van der Waals surface area contributed by atoms with Crippen molar-refractivity contribution in [3.05, 3.63) is 59.4 Å². The number of hydrogen-bond donors (Lipinski definition) is 1. The second kappa shape index (κ2) is 6.65. The van der Waals surface area contributed by atoms with E-state index in [1.165, 1.54) is 5.56 Å². The average molecular weight is 342 g/mol. The summed E-state index contributed by atoms with van der Waals surface area (Å²) < 4.78 is 5.46. The van der Waals surface area contributed by atoms with Crippen LogP contribution in [-0.2, 0) is 5.41 Å². The molecule has 0 unspecified atom stereocenters. The largest absolute Gasteiger partial charge is 0.496 e. The number of anilines is 1. The van der Waals surface area contributed by atoms with E-state index < -0.39 is 0 Å². The van der Waals surface area contributed by atoms with Gasteiger partial charge in [0.2, 0.25) is 5.28 Å². The predicted molar refractivity (Wildman–Crippen MR) is 99.1 cm³/mol. The molecule has 0 atom stereocenters. The van der Waals surface area contributed by atoms with Crippen molar-refractivity contribution in [1.82, 2.24) is 9.97 Å². The Morgan fingerprint density at radius 3 is 2.50 bits per heavy atom. The molecular weight excluding hydrogens is 322 g/mol. The molecule has 0 saturated carbocycles. The molecule has 124 valence electrons. The van der Waals surface area contributed by atoms with Crippen molar-refractivity contribution in [3.63, 3.8) is 0 Å². The number of nitrogens with zero attached hydrogens (tertiary/aromatic N) is 2. The molecule has 0 aliphatic rings. The molecule has 1 aromatic heterocycles. The third kappa shape index (κ3) is 3.29. The van der Waals surface area contributed by atoms with E-state index in [2.05, 4.69) is 53.4 Å². The number of halogens is 1. The van der Waals surface area contributed by atoms with Gasteiger partial charge in [-0.25, -0.2) is 9.97 Å². The normalized spacial score (nSPS) is 11.5. The molecule has 5 heteroatoms. The van der Waals surface area contributed by atoms with Gasteiger partial charge in [-0.05, 0) is 29.3 Å². The third-order valence-electron chi connectivity index (χ3n) is 4.13. The van der Waals surface area contributed by atoms with Crippen molar-refractivity contribution < 1.29 is 4.74 Å². The minimum atomic E-state index is -0.0625. The molecule has 24 heavy (non-hydrogen) atoms. The van der Waals surface area contributed by atoms with Gasteiger partial charge in [0.05, 0.1) is 18.0 Å². The van der Waals surface area contributed by atoms with E-state index in [-0.39, 0.29) is 10.7 Å². The highest BCUT2D eigenvalue weighted by atomic mass is 35.5. The first-order valence-electron chi connectivity index (χ1n) is 7.81. The van der Waals surface area contributed by atoms with Crippen LogP contribution in [0.3, 0.4) is 0 Å². The van der Waals surface area contributed by atoms with E-state index in [1.807, 2.05) is 24.3 Å².